The second-order valence-electron chi connectivity index (χ2n) is 4.72. The SMILES string of the molecule is C[C@H]1Oc2ccccc2O[C@]1(CO)c1ccccc1. The topological polar surface area (TPSA) is 38.7 Å². The highest BCUT2D eigenvalue weighted by Crippen LogP contribution is 2.42. The second kappa shape index (κ2) is 4.59. The Morgan fingerprint density at radius 2 is 1.63 bits per heavy atom. The van der Waals surface area contributed by atoms with Crippen LogP contribution in [0, 0.1) is 0 Å². The van der Waals surface area contributed by atoms with Crippen molar-refractivity contribution in [1.82, 2.24) is 0 Å². The minimum absolute atomic E-state index is 0.132. The fraction of sp³-hybridized carbons (Fsp3) is 0.250. The van der Waals surface area contributed by atoms with Gasteiger partial charge in [-0.1, -0.05) is 42.5 Å². The van der Waals surface area contributed by atoms with Gasteiger partial charge in [-0.25, -0.2) is 0 Å². The third-order valence-electron chi connectivity index (χ3n) is 3.60. The van der Waals surface area contributed by atoms with Crippen molar-refractivity contribution in [2.75, 3.05) is 6.61 Å². The van der Waals surface area contributed by atoms with E-state index in [9.17, 15) is 5.11 Å². The Bertz CT molecular complexity index is 567. The van der Waals surface area contributed by atoms with Gasteiger partial charge in [0.05, 0.1) is 6.61 Å². The molecule has 3 nitrogen and oxygen atoms in total. The van der Waals surface area contributed by atoms with E-state index in [-0.39, 0.29) is 12.7 Å². The van der Waals surface area contributed by atoms with Crippen LogP contribution in [-0.2, 0) is 5.60 Å². The standard InChI is InChI=1S/C16H16O3/c1-12-16(11-17,13-7-3-2-4-8-13)19-15-10-6-5-9-14(15)18-12/h2-10,12,17H,11H2,1H3/t12-,16+/m1/s1. The van der Waals surface area contributed by atoms with Gasteiger partial charge in [0.1, 0.15) is 6.10 Å². The molecule has 3 rings (SSSR count). The molecule has 0 unspecified atom stereocenters. The molecular formula is C16H16O3. The van der Waals surface area contributed by atoms with Crippen LogP contribution in [0.4, 0.5) is 0 Å². The number of hydrogen-bond donors (Lipinski definition) is 1. The first-order valence-corrected chi connectivity index (χ1v) is 6.37. The van der Waals surface area contributed by atoms with E-state index in [0.29, 0.717) is 5.75 Å². The molecule has 0 bridgehead atoms. The first-order valence-electron chi connectivity index (χ1n) is 6.37. The van der Waals surface area contributed by atoms with E-state index >= 15 is 0 Å². The summed E-state index contributed by atoms with van der Waals surface area (Å²) in [6, 6.07) is 17.2. The third kappa shape index (κ3) is 1.87. The van der Waals surface area contributed by atoms with Gasteiger partial charge < -0.3 is 14.6 Å². The number of benzene rings is 2. The molecular weight excluding hydrogens is 240 g/mol. The summed E-state index contributed by atoms with van der Waals surface area (Å²) in [4.78, 5) is 0. The maximum atomic E-state index is 9.89. The van der Waals surface area contributed by atoms with E-state index in [0.717, 1.165) is 11.3 Å². The molecule has 0 amide bonds. The van der Waals surface area contributed by atoms with Crippen molar-refractivity contribution in [2.45, 2.75) is 18.6 Å². The van der Waals surface area contributed by atoms with Crippen LogP contribution < -0.4 is 9.47 Å². The molecule has 98 valence electrons. The molecule has 0 fully saturated rings. The molecule has 1 aliphatic heterocycles. The highest BCUT2D eigenvalue weighted by Gasteiger charge is 2.45. The smallest absolute Gasteiger partial charge is 0.193 e. The Morgan fingerprint density at radius 1 is 1.00 bits per heavy atom. The number of fused-ring (bicyclic) bond motifs is 1. The van der Waals surface area contributed by atoms with Gasteiger partial charge in [-0.2, -0.15) is 0 Å². The van der Waals surface area contributed by atoms with E-state index in [1.165, 1.54) is 0 Å². The maximum absolute atomic E-state index is 9.89. The van der Waals surface area contributed by atoms with E-state index in [4.69, 9.17) is 9.47 Å². The van der Waals surface area contributed by atoms with Gasteiger partial charge in [0.2, 0.25) is 0 Å². The maximum Gasteiger partial charge on any atom is 0.193 e. The first kappa shape index (κ1) is 12.1. The minimum atomic E-state index is -0.852. The summed E-state index contributed by atoms with van der Waals surface area (Å²) >= 11 is 0. The van der Waals surface area contributed by atoms with Crippen molar-refractivity contribution in [1.29, 1.82) is 0 Å². The molecule has 0 aliphatic carbocycles. The fourth-order valence-corrected chi connectivity index (χ4v) is 2.46. The van der Waals surface area contributed by atoms with Crippen molar-refractivity contribution >= 4 is 0 Å². The number of ether oxygens (including phenoxy) is 2. The number of para-hydroxylation sites is 2. The van der Waals surface area contributed by atoms with E-state index in [1.54, 1.807) is 0 Å². The lowest BCUT2D eigenvalue weighted by molar-refractivity contribution is -0.0951. The Balaban J connectivity index is 2.08. The van der Waals surface area contributed by atoms with E-state index < -0.39 is 5.60 Å². The number of hydrogen-bond acceptors (Lipinski definition) is 3. The number of aliphatic hydroxyl groups excluding tert-OH is 1. The van der Waals surface area contributed by atoms with E-state index in [2.05, 4.69) is 0 Å². The predicted molar refractivity (Wildman–Crippen MR) is 72.4 cm³/mol. The molecule has 3 heteroatoms. The second-order valence-corrected chi connectivity index (χ2v) is 4.72. The van der Waals surface area contributed by atoms with Crippen molar-refractivity contribution in [3.63, 3.8) is 0 Å². The molecule has 1 N–H and O–H groups in total. The van der Waals surface area contributed by atoms with Gasteiger partial charge in [-0.3, -0.25) is 0 Å². The van der Waals surface area contributed by atoms with Crippen LogP contribution in [0.25, 0.3) is 0 Å². The molecule has 0 saturated carbocycles. The summed E-state index contributed by atoms with van der Waals surface area (Å²) < 4.78 is 12.0. The van der Waals surface area contributed by atoms with Crippen molar-refractivity contribution in [3.8, 4) is 11.5 Å². The zero-order chi connectivity index (χ0) is 13.3. The van der Waals surface area contributed by atoms with Crippen molar-refractivity contribution < 1.29 is 14.6 Å². The largest absolute Gasteiger partial charge is 0.482 e. The molecule has 2 aromatic carbocycles. The van der Waals surface area contributed by atoms with Crippen LogP contribution in [0.15, 0.2) is 54.6 Å². The predicted octanol–water partition coefficient (Wildman–Crippen LogP) is 2.73. The molecule has 0 radical (unpaired) electrons. The Morgan fingerprint density at radius 3 is 2.32 bits per heavy atom. The van der Waals surface area contributed by atoms with Crippen LogP contribution in [0.2, 0.25) is 0 Å². The Kier molecular flexibility index (Phi) is 2.91. The normalized spacial score (nSPS) is 25.1. The summed E-state index contributed by atoms with van der Waals surface area (Å²) in [6.45, 7) is 1.78. The summed E-state index contributed by atoms with van der Waals surface area (Å²) in [7, 11) is 0. The van der Waals surface area contributed by atoms with Gasteiger partial charge in [-0.05, 0) is 19.1 Å². The lowest BCUT2D eigenvalue weighted by Gasteiger charge is -2.42. The molecule has 2 atom stereocenters. The molecule has 2 aromatic rings. The molecule has 1 heterocycles. The Labute approximate surface area is 112 Å². The summed E-state index contributed by atoms with van der Waals surface area (Å²) in [5.41, 5.74) is 0.0646. The minimum Gasteiger partial charge on any atom is -0.482 e. The molecule has 19 heavy (non-hydrogen) atoms. The quantitative estimate of drug-likeness (QED) is 0.898. The van der Waals surface area contributed by atoms with Gasteiger partial charge in [-0.15, -0.1) is 0 Å². The van der Waals surface area contributed by atoms with Gasteiger partial charge in [0.25, 0.3) is 0 Å². The molecule has 0 aromatic heterocycles. The summed E-state index contributed by atoms with van der Waals surface area (Å²) in [6.07, 6.45) is -0.269. The lowest BCUT2D eigenvalue weighted by Crippen LogP contribution is -2.51. The van der Waals surface area contributed by atoms with Crippen LogP contribution in [-0.4, -0.2) is 17.8 Å². The van der Waals surface area contributed by atoms with Gasteiger partial charge >= 0.3 is 0 Å². The van der Waals surface area contributed by atoms with Crippen molar-refractivity contribution in [3.05, 3.63) is 60.2 Å². The van der Waals surface area contributed by atoms with Crippen LogP contribution in [0.1, 0.15) is 12.5 Å². The molecule has 0 saturated heterocycles. The lowest BCUT2D eigenvalue weighted by atomic mass is 9.88. The van der Waals surface area contributed by atoms with Crippen molar-refractivity contribution in [2.24, 2.45) is 0 Å². The van der Waals surface area contributed by atoms with Gasteiger partial charge in [0, 0.05) is 5.56 Å². The highest BCUT2D eigenvalue weighted by atomic mass is 16.6. The summed E-state index contributed by atoms with van der Waals surface area (Å²) in [5.74, 6) is 1.38. The zero-order valence-electron chi connectivity index (χ0n) is 10.7. The van der Waals surface area contributed by atoms with Crippen LogP contribution >= 0.6 is 0 Å². The van der Waals surface area contributed by atoms with Crippen LogP contribution in [0.5, 0.6) is 11.5 Å². The molecule has 0 spiro atoms. The van der Waals surface area contributed by atoms with E-state index in [1.807, 2.05) is 61.5 Å². The van der Waals surface area contributed by atoms with Gasteiger partial charge in [0.15, 0.2) is 17.1 Å². The fourth-order valence-electron chi connectivity index (χ4n) is 2.46. The number of aliphatic hydroxyl groups is 1. The monoisotopic (exact) mass is 256 g/mol. The molecule has 1 aliphatic rings. The first-order chi connectivity index (χ1) is 9.26. The van der Waals surface area contributed by atoms with Crippen LogP contribution in [0.3, 0.4) is 0 Å². The zero-order valence-corrected chi connectivity index (χ0v) is 10.7. The summed E-state index contributed by atoms with van der Waals surface area (Å²) in [5, 5.41) is 9.89. The Hall–Kier alpha value is -2.00. The average Bonchev–Trinajstić information content (AvgIpc) is 2.47. The number of rotatable bonds is 2. The highest BCUT2D eigenvalue weighted by molar-refractivity contribution is 5.43. The average molecular weight is 256 g/mol. The third-order valence-corrected chi connectivity index (χ3v) is 3.60.